The summed E-state index contributed by atoms with van der Waals surface area (Å²) < 4.78 is 1.22. The number of quaternary nitrogens is 1. The predicted molar refractivity (Wildman–Crippen MR) is 79.2 cm³/mol. The van der Waals surface area contributed by atoms with Crippen LogP contribution in [0.2, 0.25) is 0 Å². The van der Waals surface area contributed by atoms with Crippen molar-refractivity contribution in [3.05, 3.63) is 24.5 Å². The molecule has 0 radical (unpaired) electrons. The van der Waals surface area contributed by atoms with Crippen LogP contribution in [0.1, 0.15) is 25.7 Å². The first kappa shape index (κ1) is 12.9. The van der Waals surface area contributed by atoms with Crippen LogP contribution in [0.25, 0.3) is 0 Å². The molecule has 0 atom stereocenters. The van der Waals surface area contributed by atoms with E-state index in [0.29, 0.717) is 5.41 Å². The summed E-state index contributed by atoms with van der Waals surface area (Å²) in [6, 6.07) is 4.28. The molecule has 0 aromatic carbocycles. The average Bonchev–Trinajstić information content (AvgIpc) is 2.39. The van der Waals surface area contributed by atoms with Crippen molar-refractivity contribution >= 4 is 5.69 Å². The first-order chi connectivity index (χ1) is 9.09. The second kappa shape index (κ2) is 4.78. The lowest BCUT2D eigenvalue weighted by Crippen LogP contribution is -2.55. The largest absolute Gasteiger partial charge is 0.371 e. The van der Waals surface area contributed by atoms with Gasteiger partial charge in [-0.1, -0.05) is 0 Å². The Balaban J connectivity index is 1.66. The fourth-order valence-corrected chi connectivity index (χ4v) is 4.15. The fraction of sp³-hybridized carbons (Fsp3) is 0.688. The zero-order valence-electron chi connectivity index (χ0n) is 12.3. The minimum atomic E-state index is 0.616. The third kappa shape index (κ3) is 2.76. The van der Waals surface area contributed by atoms with Gasteiger partial charge in [0.25, 0.3) is 0 Å². The normalized spacial score (nSPS) is 25.5. The summed E-state index contributed by atoms with van der Waals surface area (Å²) in [5.41, 5.74) is 1.96. The Bertz CT molecular complexity index is 419. The maximum absolute atomic E-state index is 4.11. The summed E-state index contributed by atoms with van der Waals surface area (Å²) in [5, 5.41) is 0. The molecule has 1 spiro atoms. The predicted octanol–water partition coefficient (Wildman–Crippen LogP) is 2.54. The molecule has 19 heavy (non-hydrogen) atoms. The average molecular weight is 260 g/mol. The smallest absolute Gasteiger partial charge is 0.0840 e. The van der Waals surface area contributed by atoms with Crippen LogP contribution in [0, 0.1) is 5.41 Å². The molecule has 3 heteroatoms. The maximum atomic E-state index is 4.11. The van der Waals surface area contributed by atoms with E-state index in [1.165, 1.54) is 62.0 Å². The number of likely N-dealkylation sites (tertiary alicyclic amines) is 1. The van der Waals surface area contributed by atoms with Crippen LogP contribution >= 0.6 is 0 Å². The van der Waals surface area contributed by atoms with Gasteiger partial charge >= 0.3 is 0 Å². The Morgan fingerprint density at radius 1 is 1.11 bits per heavy atom. The van der Waals surface area contributed by atoms with Crippen LogP contribution < -0.4 is 4.90 Å². The highest BCUT2D eigenvalue weighted by Crippen LogP contribution is 2.41. The zero-order valence-corrected chi connectivity index (χ0v) is 12.3. The molecule has 2 fully saturated rings. The van der Waals surface area contributed by atoms with E-state index < -0.39 is 0 Å². The minimum Gasteiger partial charge on any atom is -0.371 e. The molecule has 1 aromatic heterocycles. The summed E-state index contributed by atoms with van der Waals surface area (Å²) in [7, 11) is 4.80. The molecule has 0 aliphatic carbocycles. The lowest BCUT2D eigenvalue weighted by molar-refractivity contribution is -0.903. The number of hydrogen-bond acceptors (Lipinski definition) is 2. The molecule has 3 nitrogen and oxygen atoms in total. The van der Waals surface area contributed by atoms with Crippen molar-refractivity contribution in [2.24, 2.45) is 5.41 Å². The molecule has 2 saturated heterocycles. The highest BCUT2D eigenvalue weighted by atomic mass is 15.3. The third-order valence-electron chi connectivity index (χ3n) is 5.09. The molecule has 0 saturated carbocycles. The molecule has 2 aliphatic rings. The van der Waals surface area contributed by atoms with Crippen molar-refractivity contribution < 1.29 is 4.48 Å². The van der Waals surface area contributed by atoms with Crippen LogP contribution in [-0.2, 0) is 0 Å². The fourth-order valence-electron chi connectivity index (χ4n) is 4.15. The standard InChI is InChI=1S/C16H26N3/c1-19(2)13-3-6-16(14-19)7-11-18(12-8-16)15-4-9-17-10-5-15/h4-5,9-10H,3,6-8,11-14H2,1-2H3/q+1. The van der Waals surface area contributed by atoms with E-state index in [2.05, 4.69) is 36.1 Å². The minimum absolute atomic E-state index is 0.616. The highest BCUT2D eigenvalue weighted by molar-refractivity contribution is 5.45. The van der Waals surface area contributed by atoms with Crippen LogP contribution in [0.3, 0.4) is 0 Å². The maximum Gasteiger partial charge on any atom is 0.0840 e. The lowest BCUT2D eigenvalue weighted by Gasteiger charge is -2.50. The van der Waals surface area contributed by atoms with E-state index in [-0.39, 0.29) is 0 Å². The van der Waals surface area contributed by atoms with Crippen LogP contribution in [0.15, 0.2) is 24.5 Å². The van der Waals surface area contributed by atoms with Gasteiger partial charge in [-0.05, 0) is 37.8 Å². The number of piperidine rings is 2. The second-order valence-corrected chi connectivity index (χ2v) is 7.11. The van der Waals surface area contributed by atoms with Crippen molar-refractivity contribution in [1.82, 2.24) is 4.98 Å². The van der Waals surface area contributed by atoms with Gasteiger partial charge in [0.05, 0.1) is 27.2 Å². The van der Waals surface area contributed by atoms with Crippen molar-refractivity contribution in [1.29, 1.82) is 0 Å². The van der Waals surface area contributed by atoms with Gasteiger partial charge in [-0.15, -0.1) is 0 Å². The first-order valence-corrected chi connectivity index (χ1v) is 7.56. The number of aromatic nitrogens is 1. The number of anilines is 1. The van der Waals surface area contributed by atoms with Gasteiger partial charge in [0.1, 0.15) is 0 Å². The molecule has 0 unspecified atom stereocenters. The summed E-state index contributed by atoms with van der Waals surface area (Å²) >= 11 is 0. The van der Waals surface area contributed by atoms with Gasteiger partial charge < -0.3 is 9.38 Å². The quantitative estimate of drug-likeness (QED) is 0.721. The van der Waals surface area contributed by atoms with Gasteiger partial charge in [0.15, 0.2) is 0 Å². The van der Waals surface area contributed by atoms with Crippen LogP contribution in [0.5, 0.6) is 0 Å². The Kier molecular flexibility index (Phi) is 3.25. The first-order valence-electron chi connectivity index (χ1n) is 7.56. The van der Waals surface area contributed by atoms with Crippen LogP contribution in [0.4, 0.5) is 5.69 Å². The molecule has 3 rings (SSSR count). The Labute approximate surface area is 116 Å². The molecule has 0 N–H and O–H groups in total. The summed E-state index contributed by atoms with van der Waals surface area (Å²) in [6.45, 7) is 5.15. The molecule has 0 amide bonds. The lowest BCUT2D eigenvalue weighted by atomic mass is 9.72. The molecule has 1 aromatic rings. The van der Waals surface area contributed by atoms with Gasteiger partial charge in [0, 0.05) is 36.6 Å². The molecule has 104 valence electrons. The summed E-state index contributed by atoms with van der Waals surface area (Å²) in [4.78, 5) is 6.64. The van der Waals surface area contributed by atoms with Crippen molar-refractivity contribution in [2.75, 3.05) is 45.2 Å². The molecule has 2 aliphatic heterocycles. The molecule has 3 heterocycles. The number of nitrogens with zero attached hydrogens (tertiary/aromatic N) is 3. The Hall–Kier alpha value is -1.09. The third-order valence-corrected chi connectivity index (χ3v) is 5.09. The van der Waals surface area contributed by atoms with E-state index in [4.69, 9.17) is 0 Å². The Morgan fingerprint density at radius 2 is 1.79 bits per heavy atom. The number of rotatable bonds is 1. The van der Waals surface area contributed by atoms with E-state index in [1.807, 2.05) is 12.4 Å². The number of hydrogen-bond donors (Lipinski definition) is 0. The van der Waals surface area contributed by atoms with Crippen molar-refractivity contribution in [3.8, 4) is 0 Å². The SMILES string of the molecule is C[N+]1(C)CCCC2(CCN(c3ccncc3)CC2)C1. The van der Waals surface area contributed by atoms with Gasteiger partial charge in [0.2, 0.25) is 0 Å². The van der Waals surface area contributed by atoms with E-state index in [1.54, 1.807) is 0 Å². The van der Waals surface area contributed by atoms with Crippen molar-refractivity contribution in [3.63, 3.8) is 0 Å². The van der Waals surface area contributed by atoms with Crippen molar-refractivity contribution in [2.45, 2.75) is 25.7 Å². The molecular formula is C16H26N3+. The van der Waals surface area contributed by atoms with E-state index >= 15 is 0 Å². The summed E-state index contributed by atoms with van der Waals surface area (Å²) in [6.07, 6.45) is 9.37. The van der Waals surface area contributed by atoms with Gasteiger partial charge in [-0.25, -0.2) is 0 Å². The molecule has 0 bridgehead atoms. The topological polar surface area (TPSA) is 16.1 Å². The van der Waals surface area contributed by atoms with E-state index in [0.717, 1.165) is 0 Å². The zero-order chi connectivity index (χ0) is 13.3. The van der Waals surface area contributed by atoms with Gasteiger partial charge in [-0.2, -0.15) is 0 Å². The molecular weight excluding hydrogens is 234 g/mol. The van der Waals surface area contributed by atoms with Gasteiger partial charge in [-0.3, -0.25) is 4.98 Å². The second-order valence-electron chi connectivity index (χ2n) is 7.11. The number of pyridine rings is 1. The van der Waals surface area contributed by atoms with Crippen LogP contribution in [-0.4, -0.2) is 49.7 Å². The highest BCUT2D eigenvalue weighted by Gasteiger charge is 2.42. The summed E-state index contributed by atoms with van der Waals surface area (Å²) in [5.74, 6) is 0. The monoisotopic (exact) mass is 260 g/mol. The Morgan fingerprint density at radius 3 is 2.42 bits per heavy atom. The van der Waals surface area contributed by atoms with E-state index in [9.17, 15) is 0 Å².